The van der Waals surface area contributed by atoms with Crippen molar-refractivity contribution in [1.82, 2.24) is 5.32 Å². The second kappa shape index (κ2) is 7.48. The van der Waals surface area contributed by atoms with Crippen LogP contribution in [0.4, 0.5) is 0 Å². The lowest BCUT2D eigenvalue weighted by Crippen LogP contribution is -2.22. The van der Waals surface area contributed by atoms with Gasteiger partial charge >= 0.3 is 0 Å². The maximum Gasteiger partial charge on any atom is 0.119 e. The van der Waals surface area contributed by atoms with Gasteiger partial charge in [-0.05, 0) is 48.0 Å². The minimum absolute atomic E-state index is 0.102. The first-order valence-corrected chi connectivity index (χ1v) is 7.69. The predicted molar refractivity (Wildman–Crippen MR) is 89.2 cm³/mol. The predicted octanol–water partition coefficient (Wildman–Crippen LogP) is 4.17. The Kier molecular flexibility index (Phi) is 5.65. The van der Waals surface area contributed by atoms with Gasteiger partial charge in [-0.3, -0.25) is 0 Å². The molecule has 0 saturated carbocycles. The average Bonchev–Trinajstić information content (AvgIpc) is 2.53. The monoisotopic (exact) mass is 349 g/mol. The molecule has 0 bridgehead atoms. The van der Waals surface area contributed by atoms with E-state index in [0.717, 1.165) is 28.1 Å². The van der Waals surface area contributed by atoms with E-state index in [-0.39, 0.29) is 6.04 Å². The second-order valence-electron chi connectivity index (χ2n) is 4.65. The lowest BCUT2D eigenvalue weighted by atomic mass is 9.98. The van der Waals surface area contributed by atoms with Gasteiger partial charge in [0.2, 0.25) is 0 Å². The fourth-order valence-corrected chi connectivity index (χ4v) is 2.75. The van der Waals surface area contributed by atoms with Crippen molar-refractivity contribution in [2.75, 3.05) is 20.8 Å². The van der Waals surface area contributed by atoms with Gasteiger partial charge in [-0.25, -0.2) is 0 Å². The van der Waals surface area contributed by atoms with Crippen molar-refractivity contribution in [2.24, 2.45) is 0 Å². The van der Waals surface area contributed by atoms with Crippen molar-refractivity contribution >= 4 is 15.9 Å². The lowest BCUT2D eigenvalue weighted by Gasteiger charge is -2.21. The molecular formula is C17H20BrNO2. The average molecular weight is 350 g/mol. The van der Waals surface area contributed by atoms with E-state index >= 15 is 0 Å². The SMILES string of the molecule is CCNC(c1ccc(OC)cc1)c1cc(OC)ccc1Br. The number of hydrogen-bond acceptors (Lipinski definition) is 3. The molecule has 1 atom stereocenters. The molecule has 21 heavy (non-hydrogen) atoms. The number of rotatable bonds is 6. The molecule has 1 unspecified atom stereocenters. The summed E-state index contributed by atoms with van der Waals surface area (Å²) >= 11 is 3.64. The van der Waals surface area contributed by atoms with Crippen LogP contribution in [0.3, 0.4) is 0 Å². The first-order chi connectivity index (χ1) is 10.2. The fraction of sp³-hybridized carbons (Fsp3) is 0.294. The van der Waals surface area contributed by atoms with Crippen LogP contribution in [0.15, 0.2) is 46.9 Å². The Hall–Kier alpha value is -1.52. The van der Waals surface area contributed by atoms with E-state index in [0.29, 0.717) is 0 Å². The van der Waals surface area contributed by atoms with E-state index in [9.17, 15) is 0 Å². The van der Waals surface area contributed by atoms with Gasteiger partial charge in [0.05, 0.1) is 20.3 Å². The van der Waals surface area contributed by atoms with Crippen LogP contribution < -0.4 is 14.8 Å². The Bertz CT molecular complexity index is 584. The second-order valence-corrected chi connectivity index (χ2v) is 5.51. The molecule has 0 aliphatic rings. The van der Waals surface area contributed by atoms with Gasteiger partial charge in [-0.1, -0.05) is 35.0 Å². The molecule has 0 amide bonds. The highest BCUT2D eigenvalue weighted by atomic mass is 79.9. The topological polar surface area (TPSA) is 30.5 Å². The Labute approximate surface area is 134 Å². The van der Waals surface area contributed by atoms with Gasteiger partial charge in [0.1, 0.15) is 11.5 Å². The standard InChI is InChI=1S/C17H20BrNO2/c1-4-19-17(12-5-7-13(20-2)8-6-12)15-11-14(21-3)9-10-16(15)18/h5-11,17,19H,4H2,1-3H3. The summed E-state index contributed by atoms with van der Waals surface area (Å²) in [6, 6.07) is 14.2. The molecule has 0 aliphatic heterocycles. The Morgan fingerprint density at radius 2 is 1.62 bits per heavy atom. The highest BCUT2D eigenvalue weighted by Gasteiger charge is 2.16. The maximum absolute atomic E-state index is 5.34. The molecule has 0 radical (unpaired) electrons. The quantitative estimate of drug-likeness (QED) is 0.848. The van der Waals surface area contributed by atoms with Crippen LogP contribution in [0.25, 0.3) is 0 Å². The number of hydrogen-bond donors (Lipinski definition) is 1. The van der Waals surface area contributed by atoms with Gasteiger partial charge in [0.15, 0.2) is 0 Å². The highest BCUT2D eigenvalue weighted by Crippen LogP contribution is 2.32. The Morgan fingerprint density at radius 1 is 1.00 bits per heavy atom. The molecule has 0 saturated heterocycles. The van der Waals surface area contributed by atoms with Crippen LogP contribution in [0.5, 0.6) is 11.5 Å². The van der Waals surface area contributed by atoms with E-state index in [1.165, 1.54) is 5.56 Å². The summed E-state index contributed by atoms with van der Waals surface area (Å²) in [5.41, 5.74) is 2.34. The number of halogens is 1. The number of ether oxygens (including phenoxy) is 2. The molecular weight excluding hydrogens is 330 g/mol. The molecule has 4 heteroatoms. The maximum atomic E-state index is 5.34. The lowest BCUT2D eigenvalue weighted by molar-refractivity contribution is 0.413. The molecule has 2 aromatic carbocycles. The van der Waals surface area contributed by atoms with E-state index in [1.807, 2.05) is 24.3 Å². The third-order valence-electron chi connectivity index (χ3n) is 3.37. The summed E-state index contributed by atoms with van der Waals surface area (Å²) in [4.78, 5) is 0. The minimum atomic E-state index is 0.102. The van der Waals surface area contributed by atoms with Crippen LogP contribution in [-0.4, -0.2) is 20.8 Å². The van der Waals surface area contributed by atoms with Crippen LogP contribution in [0.1, 0.15) is 24.1 Å². The fourth-order valence-electron chi connectivity index (χ4n) is 2.28. The third-order valence-corrected chi connectivity index (χ3v) is 4.09. The Morgan fingerprint density at radius 3 is 2.19 bits per heavy atom. The van der Waals surface area contributed by atoms with Crippen molar-refractivity contribution in [3.63, 3.8) is 0 Å². The molecule has 0 fully saturated rings. The molecule has 0 aromatic heterocycles. The summed E-state index contributed by atoms with van der Waals surface area (Å²) in [5.74, 6) is 1.71. The van der Waals surface area contributed by atoms with Crippen LogP contribution in [0, 0.1) is 0 Å². The minimum Gasteiger partial charge on any atom is -0.497 e. The number of benzene rings is 2. The summed E-state index contributed by atoms with van der Waals surface area (Å²) in [6.07, 6.45) is 0. The molecule has 0 spiro atoms. The first kappa shape index (κ1) is 15.9. The Balaban J connectivity index is 2.41. The van der Waals surface area contributed by atoms with Crippen molar-refractivity contribution in [1.29, 1.82) is 0 Å². The van der Waals surface area contributed by atoms with Crippen molar-refractivity contribution < 1.29 is 9.47 Å². The molecule has 2 aromatic rings. The zero-order chi connectivity index (χ0) is 15.2. The zero-order valence-corrected chi connectivity index (χ0v) is 14.1. The molecule has 0 aliphatic carbocycles. The number of methoxy groups -OCH3 is 2. The van der Waals surface area contributed by atoms with E-state index < -0.39 is 0 Å². The van der Waals surface area contributed by atoms with Crippen molar-refractivity contribution in [2.45, 2.75) is 13.0 Å². The van der Waals surface area contributed by atoms with Gasteiger partial charge in [-0.2, -0.15) is 0 Å². The van der Waals surface area contributed by atoms with Crippen LogP contribution >= 0.6 is 15.9 Å². The van der Waals surface area contributed by atoms with Crippen molar-refractivity contribution in [3.05, 3.63) is 58.1 Å². The van der Waals surface area contributed by atoms with Gasteiger partial charge in [0.25, 0.3) is 0 Å². The van der Waals surface area contributed by atoms with Gasteiger partial charge < -0.3 is 14.8 Å². The normalized spacial score (nSPS) is 12.0. The first-order valence-electron chi connectivity index (χ1n) is 6.90. The van der Waals surface area contributed by atoms with Crippen molar-refractivity contribution in [3.8, 4) is 11.5 Å². The molecule has 112 valence electrons. The third kappa shape index (κ3) is 3.77. The molecule has 0 heterocycles. The van der Waals surface area contributed by atoms with Crippen LogP contribution in [0.2, 0.25) is 0 Å². The van der Waals surface area contributed by atoms with E-state index in [2.05, 4.69) is 46.4 Å². The summed E-state index contributed by atoms with van der Waals surface area (Å²) < 4.78 is 11.6. The summed E-state index contributed by atoms with van der Waals surface area (Å²) in [7, 11) is 3.36. The summed E-state index contributed by atoms with van der Waals surface area (Å²) in [6.45, 7) is 2.98. The molecule has 3 nitrogen and oxygen atoms in total. The smallest absolute Gasteiger partial charge is 0.119 e. The largest absolute Gasteiger partial charge is 0.497 e. The molecule has 2 rings (SSSR count). The van der Waals surface area contributed by atoms with E-state index in [1.54, 1.807) is 14.2 Å². The van der Waals surface area contributed by atoms with E-state index in [4.69, 9.17) is 9.47 Å². The van der Waals surface area contributed by atoms with Gasteiger partial charge in [-0.15, -0.1) is 0 Å². The molecule has 1 N–H and O–H groups in total. The zero-order valence-electron chi connectivity index (χ0n) is 12.5. The van der Waals surface area contributed by atoms with Gasteiger partial charge in [0, 0.05) is 4.47 Å². The number of nitrogens with one attached hydrogen (secondary N) is 1. The summed E-state index contributed by atoms with van der Waals surface area (Å²) in [5, 5.41) is 3.52. The van der Waals surface area contributed by atoms with Crippen LogP contribution in [-0.2, 0) is 0 Å². The highest BCUT2D eigenvalue weighted by molar-refractivity contribution is 9.10.